The van der Waals surface area contributed by atoms with Gasteiger partial charge in [-0.05, 0) is 56.5 Å². The van der Waals surface area contributed by atoms with E-state index in [-0.39, 0.29) is 17.8 Å². The molecular weight excluding hydrogens is 466 g/mol. The number of nitrogens with zero attached hydrogens (tertiary/aromatic N) is 3. The molecule has 2 atom stereocenters. The Labute approximate surface area is 183 Å². The fourth-order valence-electron chi connectivity index (χ4n) is 3.41. The predicted molar refractivity (Wildman–Crippen MR) is 103 cm³/mol. The molecule has 2 unspecified atom stereocenters. The molecule has 1 fully saturated rings. The van der Waals surface area contributed by atoms with Gasteiger partial charge in [-0.2, -0.15) is 31.3 Å². The van der Waals surface area contributed by atoms with E-state index in [1.165, 1.54) is 0 Å². The topological polar surface area (TPSA) is 67.4 Å². The lowest BCUT2D eigenvalue weighted by molar-refractivity contribution is -0.141. The number of hydrogen-bond donors (Lipinski definition) is 1. The summed E-state index contributed by atoms with van der Waals surface area (Å²) in [6.45, 7) is 3.67. The maximum atomic E-state index is 13.6. The minimum absolute atomic E-state index is 0.0694. The Bertz CT molecular complexity index is 1000. The van der Waals surface area contributed by atoms with Crippen LogP contribution in [-0.2, 0) is 12.4 Å². The molecule has 174 valence electrons. The van der Waals surface area contributed by atoms with Gasteiger partial charge in [0.15, 0.2) is 5.69 Å². The fraction of sp³-hybridized carbons (Fsp3) is 0.421. The second-order valence-electron chi connectivity index (χ2n) is 7.28. The molecule has 32 heavy (non-hydrogen) atoms. The number of carbonyl (C=O) groups excluding carboxylic acids is 1. The number of carbonyl (C=O) groups is 1. The highest BCUT2D eigenvalue weighted by Gasteiger charge is 2.37. The molecular formula is C19H17ClF6N4O2. The lowest BCUT2D eigenvalue weighted by Crippen LogP contribution is -2.41. The van der Waals surface area contributed by atoms with E-state index in [2.05, 4.69) is 15.3 Å². The third-order valence-electron chi connectivity index (χ3n) is 4.90. The van der Waals surface area contributed by atoms with Crippen LogP contribution >= 0.6 is 11.6 Å². The average Bonchev–Trinajstić information content (AvgIpc) is 2.99. The zero-order valence-corrected chi connectivity index (χ0v) is 17.4. The normalized spacial score (nSPS) is 19.2. The van der Waals surface area contributed by atoms with Gasteiger partial charge < -0.3 is 15.0 Å². The number of hydrogen-bond acceptors (Lipinski definition) is 4. The summed E-state index contributed by atoms with van der Waals surface area (Å²) in [5, 5.41) is 1.58. The third kappa shape index (κ3) is 5.34. The molecule has 0 saturated carbocycles. The van der Waals surface area contributed by atoms with Crippen LogP contribution in [0.1, 0.15) is 37.9 Å². The van der Waals surface area contributed by atoms with Gasteiger partial charge in [-0.3, -0.25) is 0 Å². The molecule has 1 aromatic heterocycles. The lowest BCUT2D eigenvalue weighted by atomic mass is 10.1. The van der Waals surface area contributed by atoms with E-state index >= 15 is 0 Å². The Kier molecular flexibility index (Phi) is 6.45. The Morgan fingerprint density at radius 2 is 1.69 bits per heavy atom. The standard InChI is InChI=1S/C19H17ClF6N4O2/c1-9-3-4-10(2)30(9)17(31)27-11-5-6-13(12(7-11)18(21,22)23)32-15-8-14(19(24,25)26)28-16(20)29-15/h5-10H,3-4H2,1-2H3,(H,27,31). The number of halogens is 7. The molecule has 1 N–H and O–H groups in total. The minimum Gasteiger partial charge on any atom is -0.438 e. The van der Waals surface area contributed by atoms with Gasteiger partial charge in [0.1, 0.15) is 11.3 Å². The number of ether oxygens (including phenoxy) is 1. The van der Waals surface area contributed by atoms with E-state index < -0.39 is 46.6 Å². The maximum Gasteiger partial charge on any atom is 0.433 e. The summed E-state index contributed by atoms with van der Waals surface area (Å²) in [6.07, 6.45) is -8.29. The molecule has 1 aromatic carbocycles. The van der Waals surface area contributed by atoms with E-state index in [1.807, 2.05) is 13.8 Å². The first-order valence-corrected chi connectivity index (χ1v) is 9.73. The van der Waals surface area contributed by atoms with Gasteiger partial charge in [-0.1, -0.05) is 0 Å². The van der Waals surface area contributed by atoms with Crippen molar-refractivity contribution < 1.29 is 35.9 Å². The summed E-state index contributed by atoms with van der Waals surface area (Å²) in [6, 6.07) is 2.28. The average molecular weight is 483 g/mol. The molecule has 0 spiro atoms. The van der Waals surface area contributed by atoms with Crippen molar-refractivity contribution in [2.24, 2.45) is 0 Å². The molecule has 13 heteroatoms. The van der Waals surface area contributed by atoms with Crippen LogP contribution in [0.5, 0.6) is 11.6 Å². The molecule has 3 rings (SSSR count). The van der Waals surface area contributed by atoms with Crippen LogP contribution in [0.25, 0.3) is 0 Å². The molecule has 1 saturated heterocycles. The number of aromatic nitrogens is 2. The fourth-order valence-corrected chi connectivity index (χ4v) is 3.58. The molecule has 0 radical (unpaired) electrons. The second-order valence-corrected chi connectivity index (χ2v) is 7.62. The Hall–Kier alpha value is -2.76. The molecule has 2 heterocycles. The summed E-state index contributed by atoms with van der Waals surface area (Å²) >= 11 is 5.44. The molecule has 2 amide bonds. The van der Waals surface area contributed by atoms with Crippen LogP contribution in [0.15, 0.2) is 24.3 Å². The van der Waals surface area contributed by atoms with E-state index in [0.29, 0.717) is 12.1 Å². The summed E-state index contributed by atoms with van der Waals surface area (Å²) < 4.78 is 84.4. The lowest BCUT2D eigenvalue weighted by Gasteiger charge is -2.26. The summed E-state index contributed by atoms with van der Waals surface area (Å²) in [7, 11) is 0. The predicted octanol–water partition coefficient (Wildman–Crippen LogP) is 6.36. The first-order valence-electron chi connectivity index (χ1n) is 9.36. The van der Waals surface area contributed by atoms with Gasteiger partial charge in [0.05, 0.1) is 0 Å². The summed E-state index contributed by atoms with van der Waals surface area (Å²) in [5.74, 6) is -1.64. The largest absolute Gasteiger partial charge is 0.438 e. The highest BCUT2D eigenvalue weighted by Crippen LogP contribution is 2.40. The number of likely N-dealkylation sites (tertiary alicyclic amines) is 1. The molecule has 0 bridgehead atoms. The van der Waals surface area contributed by atoms with Crippen molar-refractivity contribution >= 4 is 23.3 Å². The molecule has 2 aromatic rings. The van der Waals surface area contributed by atoms with E-state index in [9.17, 15) is 31.1 Å². The highest BCUT2D eigenvalue weighted by molar-refractivity contribution is 6.28. The van der Waals surface area contributed by atoms with Crippen LogP contribution in [-0.4, -0.2) is 33.0 Å². The van der Waals surface area contributed by atoms with Gasteiger partial charge >= 0.3 is 18.4 Å². The van der Waals surface area contributed by atoms with Crippen LogP contribution in [0.2, 0.25) is 5.28 Å². The maximum absolute atomic E-state index is 13.6. The van der Waals surface area contributed by atoms with Gasteiger partial charge in [-0.25, -0.2) is 9.78 Å². The van der Waals surface area contributed by atoms with E-state index in [0.717, 1.165) is 25.0 Å². The van der Waals surface area contributed by atoms with Crippen molar-refractivity contribution in [1.82, 2.24) is 14.9 Å². The Morgan fingerprint density at radius 1 is 1.06 bits per heavy atom. The number of nitrogens with one attached hydrogen (secondary N) is 1. The van der Waals surface area contributed by atoms with Gasteiger partial charge in [-0.15, -0.1) is 0 Å². The van der Waals surface area contributed by atoms with Crippen molar-refractivity contribution in [3.05, 3.63) is 40.8 Å². The quantitative estimate of drug-likeness (QED) is 0.408. The highest BCUT2D eigenvalue weighted by atomic mass is 35.5. The van der Waals surface area contributed by atoms with E-state index in [1.54, 1.807) is 4.90 Å². The first-order chi connectivity index (χ1) is 14.8. The molecule has 1 aliphatic rings. The van der Waals surface area contributed by atoms with Crippen molar-refractivity contribution in [1.29, 1.82) is 0 Å². The number of alkyl halides is 6. The number of amides is 2. The van der Waals surface area contributed by atoms with Crippen LogP contribution in [0.3, 0.4) is 0 Å². The first kappa shape index (κ1) is 23.9. The van der Waals surface area contributed by atoms with Gasteiger partial charge in [0.25, 0.3) is 0 Å². The number of urea groups is 1. The summed E-state index contributed by atoms with van der Waals surface area (Å²) in [5.41, 5.74) is -2.95. The monoisotopic (exact) mass is 482 g/mol. The van der Waals surface area contributed by atoms with Gasteiger partial charge in [0, 0.05) is 23.8 Å². The molecule has 1 aliphatic heterocycles. The van der Waals surface area contributed by atoms with Crippen molar-refractivity contribution in [2.45, 2.75) is 51.1 Å². The van der Waals surface area contributed by atoms with Crippen LogP contribution < -0.4 is 10.1 Å². The van der Waals surface area contributed by atoms with Gasteiger partial charge in [0.2, 0.25) is 11.2 Å². The van der Waals surface area contributed by atoms with Crippen molar-refractivity contribution in [3.63, 3.8) is 0 Å². The minimum atomic E-state index is -4.94. The van der Waals surface area contributed by atoms with Crippen LogP contribution in [0.4, 0.5) is 36.8 Å². The summed E-state index contributed by atoms with van der Waals surface area (Å²) in [4.78, 5) is 20.4. The number of anilines is 1. The Morgan fingerprint density at radius 3 is 2.25 bits per heavy atom. The second kappa shape index (κ2) is 8.64. The molecule has 0 aliphatic carbocycles. The number of rotatable bonds is 3. The zero-order valence-electron chi connectivity index (χ0n) is 16.7. The van der Waals surface area contributed by atoms with E-state index in [4.69, 9.17) is 16.3 Å². The van der Waals surface area contributed by atoms with Crippen LogP contribution in [0, 0.1) is 0 Å². The molecule has 6 nitrogen and oxygen atoms in total. The SMILES string of the molecule is CC1CCC(C)N1C(=O)Nc1ccc(Oc2cc(C(F)(F)F)nc(Cl)n2)c(C(F)(F)F)c1. The smallest absolute Gasteiger partial charge is 0.433 e. The Balaban J connectivity index is 1.90. The zero-order chi connectivity index (χ0) is 23.8. The van der Waals surface area contributed by atoms with Crippen molar-refractivity contribution in [2.75, 3.05) is 5.32 Å². The number of benzene rings is 1. The van der Waals surface area contributed by atoms with Crippen molar-refractivity contribution in [3.8, 4) is 11.6 Å². The third-order valence-corrected chi connectivity index (χ3v) is 5.07.